The molecule has 16 heavy (non-hydrogen) atoms. The molecule has 0 bridgehead atoms. The zero-order valence-electron chi connectivity index (χ0n) is 10.4. The Morgan fingerprint density at radius 3 is 2.38 bits per heavy atom. The standard InChI is InChI=1S/C11H19N3O2/c1-6-7(2)14-16-10(6)13-9(15)8(12)11(3,4)5/h8H,12H2,1-5H3,(H,13,15). The number of hydrogen-bond acceptors (Lipinski definition) is 4. The molecule has 1 rings (SSSR count). The largest absolute Gasteiger partial charge is 0.338 e. The zero-order valence-corrected chi connectivity index (χ0v) is 10.4. The lowest BCUT2D eigenvalue weighted by atomic mass is 9.87. The van der Waals surface area contributed by atoms with Crippen LogP contribution in [0.4, 0.5) is 5.88 Å². The molecule has 5 heteroatoms. The van der Waals surface area contributed by atoms with Crippen molar-refractivity contribution in [2.24, 2.45) is 11.1 Å². The molecule has 1 unspecified atom stereocenters. The van der Waals surface area contributed by atoms with E-state index < -0.39 is 6.04 Å². The van der Waals surface area contributed by atoms with E-state index >= 15 is 0 Å². The molecule has 0 saturated carbocycles. The Morgan fingerprint density at radius 1 is 1.44 bits per heavy atom. The minimum absolute atomic E-state index is 0.258. The van der Waals surface area contributed by atoms with Crippen molar-refractivity contribution in [3.63, 3.8) is 0 Å². The topological polar surface area (TPSA) is 81.2 Å². The number of nitrogens with one attached hydrogen (secondary N) is 1. The summed E-state index contributed by atoms with van der Waals surface area (Å²) in [6.45, 7) is 9.39. The van der Waals surface area contributed by atoms with Crippen LogP contribution in [-0.4, -0.2) is 17.1 Å². The van der Waals surface area contributed by atoms with E-state index in [1.165, 1.54) is 0 Å². The average Bonchev–Trinajstić information content (AvgIpc) is 2.47. The molecule has 1 atom stereocenters. The molecule has 0 saturated heterocycles. The molecule has 0 aliphatic heterocycles. The van der Waals surface area contributed by atoms with Gasteiger partial charge in [-0.2, -0.15) is 0 Å². The van der Waals surface area contributed by atoms with Crippen molar-refractivity contribution in [3.8, 4) is 0 Å². The first-order valence-electron chi connectivity index (χ1n) is 5.23. The second-order valence-corrected chi connectivity index (χ2v) is 5.06. The minimum Gasteiger partial charge on any atom is -0.338 e. The van der Waals surface area contributed by atoms with Crippen LogP contribution in [0.1, 0.15) is 32.0 Å². The Bertz CT molecular complexity index is 390. The number of aryl methyl sites for hydroxylation is 1. The van der Waals surface area contributed by atoms with E-state index in [0.717, 1.165) is 11.3 Å². The summed E-state index contributed by atoms with van der Waals surface area (Å²) >= 11 is 0. The lowest BCUT2D eigenvalue weighted by Crippen LogP contribution is -2.45. The summed E-state index contributed by atoms with van der Waals surface area (Å²) in [6, 6.07) is -0.586. The fourth-order valence-corrected chi connectivity index (χ4v) is 1.11. The van der Waals surface area contributed by atoms with Gasteiger partial charge in [0.1, 0.15) is 0 Å². The van der Waals surface area contributed by atoms with E-state index in [-0.39, 0.29) is 11.3 Å². The van der Waals surface area contributed by atoms with E-state index in [1.54, 1.807) is 0 Å². The van der Waals surface area contributed by atoms with E-state index in [9.17, 15) is 4.79 Å². The van der Waals surface area contributed by atoms with E-state index in [1.807, 2.05) is 34.6 Å². The highest BCUT2D eigenvalue weighted by atomic mass is 16.5. The summed E-state index contributed by atoms with van der Waals surface area (Å²) in [5.74, 6) is 0.119. The quantitative estimate of drug-likeness (QED) is 0.801. The molecule has 0 spiro atoms. The molecule has 1 aromatic heterocycles. The Morgan fingerprint density at radius 2 is 2.00 bits per heavy atom. The number of anilines is 1. The Hall–Kier alpha value is -1.36. The Kier molecular flexibility index (Phi) is 3.38. The van der Waals surface area contributed by atoms with Gasteiger partial charge >= 0.3 is 0 Å². The number of rotatable bonds is 2. The van der Waals surface area contributed by atoms with Crippen molar-refractivity contribution in [2.45, 2.75) is 40.7 Å². The number of hydrogen-bond donors (Lipinski definition) is 2. The third-order valence-corrected chi connectivity index (χ3v) is 2.61. The third-order valence-electron chi connectivity index (χ3n) is 2.61. The van der Waals surface area contributed by atoms with E-state index in [0.29, 0.717) is 5.88 Å². The van der Waals surface area contributed by atoms with Gasteiger partial charge in [0.25, 0.3) is 0 Å². The van der Waals surface area contributed by atoms with Crippen LogP contribution in [0.25, 0.3) is 0 Å². The monoisotopic (exact) mass is 225 g/mol. The first-order valence-corrected chi connectivity index (χ1v) is 5.23. The minimum atomic E-state index is -0.586. The van der Waals surface area contributed by atoms with Crippen molar-refractivity contribution < 1.29 is 9.32 Å². The fraction of sp³-hybridized carbons (Fsp3) is 0.636. The Balaban J connectivity index is 2.76. The van der Waals surface area contributed by atoms with Crippen LogP contribution < -0.4 is 11.1 Å². The molecule has 1 amide bonds. The molecule has 0 aromatic carbocycles. The first-order chi connectivity index (χ1) is 7.23. The second kappa shape index (κ2) is 4.25. The molecular formula is C11H19N3O2. The van der Waals surface area contributed by atoms with Crippen LogP contribution >= 0.6 is 0 Å². The third kappa shape index (κ3) is 2.61. The highest BCUT2D eigenvalue weighted by molar-refractivity contribution is 5.94. The fourth-order valence-electron chi connectivity index (χ4n) is 1.11. The first kappa shape index (κ1) is 12.7. The summed E-state index contributed by atoms with van der Waals surface area (Å²) in [5.41, 5.74) is 7.13. The van der Waals surface area contributed by atoms with Crippen molar-refractivity contribution in [1.29, 1.82) is 0 Å². The molecule has 5 nitrogen and oxygen atoms in total. The molecule has 0 radical (unpaired) electrons. The maximum Gasteiger partial charge on any atom is 0.244 e. The van der Waals surface area contributed by atoms with Gasteiger partial charge in [0, 0.05) is 5.56 Å². The van der Waals surface area contributed by atoms with Crippen LogP contribution in [0, 0.1) is 19.3 Å². The van der Waals surface area contributed by atoms with E-state index in [4.69, 9.17) is 10.3 Å². The molecule has 0 fully saturated rings. The molecule has 0 aliphatic carbocycles. The number of amides is 1. The lowest BCUT2D eigenvalue weighted by Gasteiger charge is -2.25. The van der Waals surface area contributed by atoms with Gasteiger partial charge in [-0.1, -0.05) is 25.9 Å². The van der Waals surface area contributed by atoms with Crippen LogP contribution in [0.3, 0.4) is 0 Å². The Labute approximate surface area is 95.4 Å². The normalized spacial score (nSPS) is 13.6. The summed E-state index contributed by atoms with van der Waals surface area (Å²) in [5, 5.41) is 6.40. The second-order valence-electron chi connectivity index (χ2n) is 5.06. The van der Waals surface area contributed by atoms with Gasteiger partial charge in [-0.15, -0.1) is 0 Å². The van der Waals surface area contributed by atoms with Crippen LogP contribution in [-0.2, 0) is 4.79 Å². The molecule has 1 aromatic rings. The van der Waals surface area contributed by atoms with Gasteiger partial charge in [0.15, 0.2) is 0 Å². The molecule has 0 aliphatic rings. The van der Waals surface area contributed by atoms with Gasteiger partial charge in [0.05, 0.1) is 11.7 Å². The average molecular weight is 225 g/mol. The number of carbonyl (C=O) groups is 1. The maximum atomic E-state index is 11.8. The van der Waals surface area contributed by atoms with Gasteiger partial charge in [-0.25, -0.2) is 0 Å². The molecular weight excluding hydrogens is 206 g/mol. The van der Waals surface area contributed by atoms with Crippen LogP contribution in [0.2, 0.25) is 0 Å². The van der Waals surface area contributed by atoms with Gasteiger partial charge in [0.2, 0.25) is 11.8 Å². The van der Waals surface area contributed by atoms with Crippen molar-refractivity contribution in [3.05, 3.63) is 11.3 Å². The van der Waals surface area contributed by atoms with Gasteiger partial charge < -0.3 is 10.3 Å². The van der Waals surface area contributed by atoms with Gasteiger partial charge in [-0.05, 0) is 19.3 Å². The van der Waals surface area contributed by atoms with Crippen molar-refractivity contribution >= 4 is 11.8 Å². The summed E-state index contributed by atoms with van der Waals surface area (Å²) in [7, 11) is 0. The zero-order chi connectivity index (χ0) is 12.5. The van der Waals surface area contributed by atoms with Gasteiger partial charge in [-0.3, -0.25) is 10.1 Å². The smallest absolute Gasteiger partial charge is 0.244 e. The molecule has 1 heterocycles. The SMILES string of the molecule is Cc1noc(NC(=O)C(N)C(C)(C)C)c1C. The summed E-state index contributed by atoms with van der Waals surface area (Å²) in [6.07, 6.45) is 0. The van der Waals surface area contributed by atoms with Crippen molar-refractivity contribution in [1.82, 2.24) is 5.16 Å². The lowest BCUT2D eigenvalue weighted by molar-refractivity contribution is -0.119. The molecule has 90 valence electrons. The predicted octanol–water partition coefficient (Wildman–Crippen LogP) is 1.60. The molecule has 3 N–H and O–H groups in total. The van der Waals surface area contributed by atoms with Crippen molar-refractivity contribution in [2.75, 3.05) is 5.32 Å². The number of nitrogens with two attached hydrogens (primary N) is 1. The van der Waals surface area contributed by atoms with Crippen LogP contribution in [0.15, 0.2) is 4.52 Å². The number of carbonyl (C=O) groups excluding carboxylic acids is 1. The maximum absolute atomic E-state index is 11.8. The number of aromatic nitrogens is 1. The summed E-state index contributed by atoms with van der Waals surface area (Å²) < 4.78 is 4.99. The summed E-state index contributed by atoms with van der Waals surface area (Å²) in [4.78, 5) is 11.8. The predicted molar refractivity (Wildman–Crippen MR) is 62.0 cm³/mol. The highest BCUT2D eigenvalue weighted by Crippen LogP contribution is 2.21. The van der Waals surface area contributed by atoms with Crippen LogP contribution in [0.5, 0.6) is 0 Å². The number of nitrogens with zero attached hydrogens (tertiary/aromatic N) is 1. The highest BCUT2D eigenvalue weighted by Gasteiger charge is 2.28. The van der Waals surface area contributed by atoms with E-state index in [2.05, 4.69) is 10.5 Å².